The van der Waals surface area contributed by atoms with Crippen molar-refractivity contribution >= 4 is 34.8 Å². The van der Waals surface area contributed by atoms with Gasteiger partial charge in [-0.05, 0) is 49.2 Å². The van der Waals surface area contributed by atoms with Crippen LogP contribution in [0.5, 0.6) is 0 Å². The summed E-state index contributed by atoms with van der Waals surface area (Å²) in [6.45, 7) is 5.27. The molecule has 0 bridgehead atoms. The van der Waals surface area contributed by atoms with Gasteiger partial charge in [0.2, 0.25) is 11.8 Å². The van der Waals surface area contributed by atoms with E-state index in [1.54, 1.807) is 24.3 Å². The highest BCUT2D eigenvalue weighted by molar-refractivity contribution is 6.30. The molecule has 0 heterocycles. The lowest BCUT2D eigenvalue weighted by Crippen LogP contribution is -2.37. The third-order valence-corrected chi connectivity index (χ3v) is 3.68. The first-order valence-corrected chi connectivity index (χ1v) is 7.65. The van der Waals surface area contributed by atoms with Crippen LogP contribution in [0, 0.1) is 13.8 Å². The van der Waals surface area contributed by atoms with Crippen LogP contribution in [0.3, 0.4) is 0 Å². The molecule has 0 saturated carbocycles. The van der Waals surface area contributed by atoms with Crippen LogP contribution in [0.25, 0.3) is 0 Å². The number of carbonyl (C=O) groups is 2. The average Bonchev–Trinajstić information content (AvgIpc) is 2.47. The van der Waals surface area contributed by atoms with E-state index in [9.17, 15) is 9.59 Å². The Kier molecular flexibility index (Phi) is 5.40. The fourth-order valence-corrected chi connectivity index (χ4v) is 2.48. The Balaban J connectivity index is 2.18. The van der Waals surface area contributed by atoms with E-state index in [0.29, 0.717) is 10.7 Å². The second-order valence-corrected chi connectivity index (χ2v) is 5.89. The van der Waals surface area contributed by atoms with Gasteiger partial charge in [0.25, 0.3) is 0 Å². The van der Waals surface area contributed by atoms with E-state index >= 15 is 0 Å². The van der Waals surface area contributed by atoms with Crippen molar-refractivity contribution in [3.8, 4) is 0 Å². The summed E-state index contributed by atoms with van der Waals surface area (Å²) in [6, 6.07) is 12.7. The molecule has 4 nitrogen and oxygen atoms in total. The van der Waals surface area contributed by atoms with Crippen molar-refractivity contribution in [3.05, 3.63) is 58.6 Å². The maximum atomic E-state index is 12.3. The van der Waals surface area contributed by atoms with Gasteiger partial charge >= 0.3 is 0 Å². The third-order valence-electron chi connectivity index (χ3n) is 3.45. The van der Waals surface area contributed by atoms with Crippen LogP contribution >= 0.6 is 11.6 Å². The summed E-state index contributed by atoms with van der Waals surface area (Å²) < 4.78 is 0. The number of aryl methyl sites for hydroxylation is 2. The minimum atomic E-state index is -0.275. The first kappa shape index (κ1) is 17.0. The van der Waals surface area contributed by atoms with E-state index in [1.165, 1.54) is 11.8 Å². The molecule has 1 N–H and O–H groups in total. The number of hydrogen-bond donors (Lipinski definition) is 1. The van der Waals surface area contributed by atoms with Crippen molar-refractivity contribution in [2.45, 2.75) is 20.8 Å². The van der Waals surface area contributed by atoms with Gasteiger partial charge in [0.1, 0.15) is 6.54 Å². The fourth-order valence-electron chi connectivity index (χ4n) is 2.29. The molecule has 2 rings (SSSR count). The van der Waals surface area contributed by atoms with Crippen LogP contribution in [0.4, 0.5) is 11.4 Å². The number of nitrogens with zero attached hydrogens (tertiary/aromatic N) is 1. The predicted octanol–water partition coefficient (Wildman–Crippen LogP) is 3.95. The number of halogens is 1. The van der Waals surface area contributed by atoms with Crippen molar-refractivity contribution in [1.29, 1.82) is 0 Å². The molecule has 0 aromatic heterocycles. The van der Waals surface area contributed by atoms with Gasteiger partial charge in [-0.15, -0.1) is 0 Å². The maximum Gasteiger partial charge on any atom is 0.244 e. The third kappa shape index (κ3) is 4.57. The van der Waals surface area contributed by atoms with E-state index in [2.05, 4.69) is 5.32 Å². The summed E-state index contributed by atoms with van der Waals surface area (Å²) in [4.78, 5) is 25.7. The largest absolute Gasteiger partial charge is 0.324 e. The first-order valence-electron chi connectivity index (χ1n) is 7.27. The van der Waals surface area contributed by atoms with Gasteiger partial charge in [0, 0.05) is 23.3 Å². The minimum Gasteiger partial charge on any atom is -0.324 e. The van der Waals surface area contributed by atoms with E-state index in [0.717, 1.165) is 16.8 Å². The number of amides is 2. The predicted molar refractivity (Wildman–Crippen MR) is 94.0 cm³/mol. The lowest BCUT2D eigenvalue weighted by molar-refractivity contribution is -0.120. The van der Waals surface area contributed by atoms with E-state index in [4.69, 9.17) is 11.6 Å². The van der Waals surface area contributed by atoms with E-state index in [-0.39, 0.29) is 18.4 Å². The van der Waals surface area contributed by atoms with Crippen molar-refractivity contribution in [3.63, 3.8) is 0 Å². The molecule has 120 valence electrons. The number of hydrogen-bond acceptors (Lipinski definition) is 2. The Morgan fingerprint density at radius 2 is 1.87 bits per heavy atom. The molecule has 0 radical (unpaired) electrons. The Hall–Kier alpha value is -2.33. The van der Waals surface area contributed by atoms with Gasteiger partial charge in [-0.2, -0.15) is 0 Å². The zero-order valence-electron chi connectivity index (χ0n) is 13.4. The van der Waals surface area contributed by atoms with Crippen LogP contribution in [-0.4, -0.2) is 18.4 Å². The van der Waals surface area contributed by atoms with E-state index in [1.807, 2.05) is 32.0 Å². The molecule has 2 aromatic carbocycles. The average molecular weight is 331 g/mol. The first-order chi connectivity index (χ1) is 10.9. The Morgan fingerprint density at radius 1 is 1.13 bits per heavy atom. The van der Waals surface area contributed by atoms with Gasteiger partial charge in [-0.1, -0.05) is 29.8 Å². The second kappa shape index (κ2) is 7.29. The van der Waals surface area contributed by atoms with Gasteiger partial charge in [0.05, 0.1) is 0 Å². The molecular weight excluding hydrogens is 312 g/mol. The Morgan fingerprint density at radius 3 is 2.52 bits per heavy atom. The number of rotatable bonds is 4. The SMILES string of the molecule is CC(=O)N(CC(=O)Nc1cccc(Cl)c1)c1cc(C)ccc1C. The molecule has 0 aliphatic rings. The molecule has 0 atom stereocenters. The molecule has 0 fully saturated rings. The molecule has 5 heteroatoms. The van der Waals surface area contributed by atoms with Crippen LogP contribution in [0.2, 0.25) is 5.02 Å². The second-order valence-electron chi connectivity index (χ2n) is 5.45. The molecule has 2 amide bonds. The van der Waals surface area contributed by atoms with E-state index < -0.39 is 0 Å². The van der Waals surface area contributed by atoms with Crippen molar-refractivity contribution in [1.82, 2.24) is 0 Å². The van der Waals surface area contributed by atoms with Gasteiger partial charge in [-0.25, -0.2) is 0 Å². The van der Waals surface area contributed by atoms with Crippen molar-refractivity contribution in [2.75, 3.05) is 16.8 Å². The molecule has 0 spiro atoms. The Bertz CT molecular complexity index is 744. The normalized spacial score (nSPS) is 10.3. The molecule has 0 aliphatic heterocycles. The monoisotopic (exact) mass is 330 g/mol. The van der Waals surface area contributed by atoms with Gasteiger partial charge < -0.3 is 10.2 Å². The van der Waals surface area contributed by atoms with Gasteiger partial charge in [0.15, 0.2) is 0 Å². The topological polar surface area (TPSA) is 49.4 Å². The standard InChI is InChI=1S/C18H19ClN2O2/c1-12-7-8-13(2)17(9-12)21(14(3)22)11-18(23)20-16-6-4-5-15(19)10-16/h4-10H,11H2,1-3H3,(H,20,23). The Labute approximate surface area is 141 Å². The summed E-state index contributed by atoms with van der Waals surface area (Å²) in [6.07, 6.45) is 0. The highest BCUT2D eigenvalue weighted by atomic mass is 35.5. The zero-order valence-corrected chi connectivity index (χ0v) is 14.1. The van der Waals surface area contributed by atoms with Crippen LogP contribution in [-0.2, 0) is 9.59 Å². The zero-order chi connectivity index (χ0) is 17.0. The summed E-state index contributed by atoms with van der Waals surface area (Å²) in [5, 5.41) is 3.30. The minimum absolute atomic E-state index is 0.0495. The van der Waals surface area contributed by atoms with Gasteiger partial charge in [-0.3, -0.25) is 9.59 Å². The van der Waals surface area contributed by atoms with Crippen molar-refractivity contribution < 1.29 is 9.59 Å². The summed E-state index contributed by atoms with van der Waals surface area (Å²) in [5.74, 6) is -0.455. The lowest BCUT2D eigenvalue weighted by atomic mass is 10.1. The summed E-state index contributed by atoms with van der Waals surface area (Å²) >= 11 is 5.90. The molecule has 0 aliphatic carbocycles. The van der Waals surface area contributed by atoms with Crippen LogP contribution in [0.15, 0.2) is 42.5 Å². The smallest absolute Gasteiger partial charge is 0.244 e. The summed E-state index contributed by atoms with van der Waals surface area (Å²) in [5.41, 5.74) is 3.33. The highest BCUT2D eigenvalue weighted by Gasteiger charge is 2.18. The molecular formula is C18H19ClN2O2. The fraction of sp³-hybridized carbons (Fsp3) is 0.222. The highest BCUT2D eigenvalue weighted by Crippen LogP contribution is 2.22. The number of nitrogens with one attached hydrogen (secondary N) is 1. The molecule has 2 aromatic rings. The number of benzene rings is 2. The van der Waals surface area contributed by atoms with Crippen LogP contribution in [0.1, 0.15) is 18.1 Å². The van der Waals surface area contributed by atoms with Crippen molar-refractivity contribution in [2.24, 2.45) is 0 Å². The molecule has 0 saturated heterocycles. The summed E-state index contributed by atoms with van der Waals surface area (Å²) in [7, 11) is 0. The lowest BCUT2D eigenvalue weighted by Gasteiger charge is -2.23. The van der Waals surface area contributed by atoms with Crippen LogP contribution < -0.4 is 10.2 Å². The molecule has 23 heavy (non-hydrogen) atoms. The maximum absolute atomic E-state index is 12.3. The number of carbonyl (C=O) groups excluding carboxylic acids is 2. The molecule has 0 unspecified atom stereocenters. The number of anilines is 2. The quantitative estimate of drug-likeness (QED) is 0.922.